The molecule has 2 aliphatic rings. The molecule has 5 unspecified atom stereocenters. The van der Waals surface area contributed by atoms with Crippen LogP contribution >= 0.6 is 0 Å². The highest BCUT2D eigenvalue weighted by molar-refractivity contribution is 5.04. The van der Waals surface area contributed by atoms with Crippen molar-refractivity contribution in [1.29, 1.82) is 0 Å². The minimum Gasteiger partial charge on any atom is -0.393 e. The van der Waals surface area contributed by atoms with Gasteiger partial charge in [-0.05, 0) is 61.2 Å². The molecule has 0 aromatic rings. The Morgan fingerprint density at radius 3 is 2.19 bits per heavy atom. The maximum atomic E-state index is 9.78. The normalized spacial score (nSPS) is 48.0. The number of rotatable bonds is 3. The lowest BCUT2D eigenvalue weighted by Gasteiger charge is -2.32. The first-order valence-corrected chi connectivity index (χ1v) is 6.96. The summed E-state index contributed by atoms with van der Waals surface area (Å²) in [4.78, 5) is 0. The van der Waals surface area contributed by atoms with Gasteiger partial charge in [0.25, 0.3) is 0 Å². The van der Waals surface area contributed by atoms with E-state index in [0.29, 0.717) is 5.41 Å². The Balaban J connectivity index is 1.94. The van der Waals surface area contributed by atoms with Crippen LogP contribution in [0.4, 0.5) is 0 Å². The van der Waals surface area contributed by atoms with Gasteiger partial charge in [0.2, 0.25) is 0 Å². The van der Waals surface area contributed by atoms with Crippen molar-refractivity contribution in [1.82, 2.24) is 0 Å². The average molecular weight is 224 g/mol. The Labute approximate surface area is 101 Å². The van der Waals surface area contributed by atoms with E-state index in [2.05, 4.69) is 27.7 Å². The zero-order chi connectivity index (χ0) is 12.1. The van der Waals surface area contributed by atoms with Crippen LogP contribution in [0.25, 0.3) is 0 Å². The second-order valence-corrected chi connectivity index (χ2v) is 7.32. The Kier molecular flexibility index (Phi) is 2.89. The summed E-state index contributed by atoms with van der Waals surface area (Å²) < 4.78 is 0. The molecular weight excluding hydrogens is 196 g/mol. The summed E-state index contributed by atoms with van der Waals surface area (Å²) in [6.07, 6.45) is 5.26. The van der Waals surface area contributed by atoms with Crippen molar-refractivity contribution >= 4 is 0 Å². The van der Waals surface area contributed by atoms with Crippen molar-refractivity contribution in [3.8, 4) is 0 Å². The maximum Gasteiger partial charge on any atom is 0.0568 e. The molecule has 94 valence electrons. The molecule has 2 rings (SSSR count). The highest BCUT2D eigenvalue weighted by Crippen LogP contribution is 2.61. The van der Waals surface area contributed by atoms with Gasteiger partial charge in [-0.3, -0.25) is 0 Å². The van der Waals surface area contributed by atoms with Crippen LogP contribution in [0.2, 0.25) is 0 Å². The van der Waals surface area contributed by atoms with Crippen LogP contribution in [-0.2, 0) is 0 Å². The maximum absolute atomic E-state index is 9.78. The van der Waals surface area contributed by atoms with Crippen molar-refractivity contribution < 1.29 is 5.11 Å². The number of hydrogen-bond donors (Lipinski definition) is 1. The smallest absolute Gasteiger partial charge is 0.0568 e. The third kappa shape index (κ3) is 1.81. The Morgan fingerprint density at radius 2 is 1.81 bits per heavy atom. The lowest BCUT2D eigenvalue weighted by molar-refractivity contribution is 0.101. The minimum atomic E-state index is -0.126. The summed E-state index contributed by atoms with van der Waals surface area (Å²) in [5.41, 5.74) is 0.754. The first kappa shape index (κ1) is 12.4. The van der Waals surface area contributed by atoms with E-state index < -0.39 is 0 Å². The largest absolute Gasteiger partial charge is 0.393 e. The first-order chi connectivity index (χ1) is 7.28. The SMILES string of the molecule is CC1CCC(CC2CC2(C)C(C)O)C1(C)C. The van der Waals surface area contributed by atoms with Crippen molar-refractivity contribution in [3.05, 3.63) is 0 Å². The summed E-state index contributed by atoms with van der Waals surface area (Å²) in [5.74, 6) is 2.53. The fourth-order valence-corrected chi connectivity index (χ4v) is 3.70. The van der Waals surface area contributed by atoms with E-state index in [9.17, 15) is 5.11 Å². The highest BCUT2D eigenvalue weighted by Gasteiger charge is 2.55. The van der Waals surface area contributed by atoms with E-state index in [4.69, 9.17) is 0 Å². The van der Waals surface area contributed by atoms with Gasteiger partial charge in [-0.1, -0.05) is 27.7 Å². The van der Waals surface area contributed by atoms with Crippen LogP contribution in [-0.4, -0.2) is 11.2 Å². The summed E-state index contributed by atoms with van der Waals surface area (Å²) >= 11 is 0. The molecule has 0 amide bonds. The van der Waals surface area contributed by atoms with E-state index in [1.54, 1.807) is 0 Å². The molecule has 0 aromatic carbocycles. The van der Waals surface area contributed by atoms with Gasteiger partial charge < -0.3 is 5.11 Å². The fourth-order valence-electron chi connectivity index (χ4n) is 3.70. The topological polar surface area (TPSA) is 20.2 Å². The van der Waals surface area contributed by atoms with Crippen LogP contribution in [0.15, 0.2) is 0 Å². The monoisotopic (exact) mass is 224 g/mol. The number of hydrogen-bond acceptors (Lipinski definition) is 1. The molecule has 0 saturated heterocycles. The number of aliphatic hydroxyl groups excluding tert-OH is 1. The van der Waals surface area contributed by atoms with Crippen molar-refractivity contribution in [2.24, 2.45) is 28.6 Å². The predicted molar refractivity (Wildman–Crippen MR) is 68.2 cm³/mol. The van der Waals surface area contributed by atoms with E-state index in [-0.39, 0.29) is 11.5 Å². The molecule has 0 spiro atoms. The van der Waals surface area contributed by atoms with Gasteiger partial charge >= 0.3 is 0 Å². The summed E-state index contributed by atoms with van der Waals surface area (Å²) in [7, 11) is 0. The van der Waals surface area contributed by atoms with Gasteiger partial charge in [0.15, 0.2) is 0 Å². The van der Waals surface area contributed by atoms with Crippen LogP contribution in [0.1, 0.15) is 60.3 Å². The predicted octanol–water partition coefficient (Wildman–Crippen LogP) is 3.86. The van der Waals surface area contributed by atoms with Crippen molar-refractivity contribution in [2.75, 3.05) is 0 Å². The molecule has 1 N–H and O–H groups in total. The van der Waals surface area contributed by atoms with Gasteiger partial charge in [0.1, 0.15) is 0 Å². The molecule has 5 atom stereocenters. The summed E-state index contributed by atoms with van der Waals surface area (Å²) in [6.45, 7) is 11.5. The number of aliphatic hydroxyl groups is 1. The molecule has 0 aliphatic heterocycles. The Hall–Kier alpha value is -0.0400. The van der Waals surface area contributed by atoms with Crippen LogP contribution in [0, 0.1) is 28.6 Å². The summed E-state index contributed by atoms with van der Waals surface area (Å²) in [6, 6.07) is 0. The lowest BCUT2D eigenvalue weighted by Crippen LogP contribution is -2.25. The van der Waals surface area contributed by atoms with E-state index in [1.807, 2.05) is 6.92 Å². The second kappa shape index (κ2) is 3.73. The van der Waals surface area contributed by atoms with Gasteiger partial charge in [-0.15, -0.1) is 0 Å². The molecule has 2 fully saturated rings. The van der Waals surface area contributed by atoms with E-state index in [0.717, 1.165) is 17.8 Å². The lowest BCUT2D eigenvalue weighted by atomic mass is 9.73. The van der Waals surface area contributed by atoms with Gasteiger partial charge in [-0.2, -0.15) is 0 Å². The molecule has 0 heterocycles. The van der Waals surface area contributed by atoms with E-state index in [1.165, 1.54) is 25.7 Å². The summed E-state index contributed by atoms with van der Waals surface area (Å²) in [5, 5.41) is 9.78. The van der Waals surface area contributed by atoms with Crippen molar-refractivity contribution in [2.45, 2.75) is 66.4 Å². The third-order valence-electron chi connectivity index (χ3n) is 6.25. The van der Waals surface area contributed by atoms with Gasteiger partial charge in [-0.25, -0.2) is 0 Å². The first-order valence-electron chi connectivity index (χ1n) is 6.96. The molecule has 0 aromatic heterocycles. The van der Waals surface area contributed by atoms with Crippen molar-refractivity contribution in [3.63, 3.8) is 0 Å². The average Bonchev–Trinajstić information content (AvgIpc) is 2.77. The molecule has 2 aliphatic carbocycles. The van der Waals surface area contributed by atoms with Gasteiger partial charge in [0.05, 0.1) is 6.10 Å². The minimum absolute atomic E-state index is 0.126. The van der Waals surface area contributed by atoms with Crippen LogP contribution in [0.5, 0.6) is 0 Å². The fraction of sp³-hybridized carbons (Fsp3) is 1.00. The van der Waals surface area contributed by atoms with Gasteiger partial charge in [0, 0.05) is 0 Å². The van der Waals surface area contributed by atoms with Crippen LogP contribution in [0.3, 0.4) is 0 Å². The van der Waals surface area contributed by atoms with Crippen LogP contribution < -0.4 is 0 Å². The zero-order valence-corrected chi connectivity index (χ0v) is 11.6. The molecular formula is C15H28O. The van der Waals surface area contributed by atoms with E-state index >= 15 is 0 Å². The zero-order valence-electron chi connectivity index (χ0n) is 11.6. The molecule has 16 heavy (non-hydrogen) atoms. The Bertz CT molecular complexity index is 269. The molecule has 0 radical (unpaired) electrons. The third-order valence-corrected chi connectivity index (χ3v) is 6.25. The quantitative estimate of drug-likeness (QED) is 0.772. The highest BCUT2D eigenvalue weighted by atomic mass is 16.3. The Morgan fingerprint density at radius 1 is 1.19 bits per heavy atom. The standard InChI is InChI=1S/C15H28O/c1-10-6-7-12(14(10,3)4)8-13-9-15(13,5)11(2)16/h10-13,16H,6-9H2,1-5H3. The molecule has 1 heteroatoms. The molecule has 0 bridgehead atoms. The molecule has 2 saturated carbocycles. The second-order valence-electron chi connectivity index (χ2n) is 7.32. The molecule has 1 nitrogen and oxygen atoms in total.